The highest BCUT2D eigenvalue weighted by molar-refractivity contribution is 6.31. The Bertz CT molecular complexity index is 855. The maximum atomic E-state index is 13.5. The molecule has 2 aromatic rings. The molecule has 8 heteroatoms. The van der Waals surface area contributed by atoms with E-state index in [9.17, 15) is 18.4 Å². The van der Waals surface area contributed by atoms with Gasteiger partial charge >= 0.3 is 5.97 Å². The Morgan fingerprint density at radius 1 is 1.15 bits per heavy atom. The molecule has 0 aliphatic heterocycles. The van der Waals surface area contributed by atoms with E-state index in [0.29, 0.717) is 5.56 Å². The van der Waals surface area contributed by atoms with Crippen LogP contribution in [-0.2, 0) is 14.3 Å². The summed E-state index contributed by atoms with van der Waals surface area (Å²) in [5, 5.41) is 2.26. The zero-order valence-electron chi connectivity index (χ0n) is 13.6. The first kappa shape index (κ1) is 19.4. The lowest BCUT2D eigenvalue weighted by Gasteiger charge is -2.06. The van der Waals surface area contributed by atoms with Crippen molar-refractivity contribution in [2.45, 2.75) is 0 Å². The Kier molecular flexibility index (Phi) is 6.68. The first-order chi connectivity index (χ1) is 12.4. The van der Waals surface area contributed by atoms with Crippen LogP contribution < -0.4 is 10.1 Å². The van der Waals surface area contributed by atoms with Crippen LogP contribution in [0.25, 0.3) is 6.08 Å². The Morgan fingerprint density at radius 2 is 1.92 bits per heavy atom. The third-order valence-electron chi connectivity index (χ3n) is 3.14. The van der Waals surface area contributed by atoms with E-state index < -0.39 is 30.1 Å². The molecule has 0 heterocycles. The number of halogens is 3. The topological polar surface area (TPSA) is 64.6 Å². The summed E-state index contributed by atoms with van der Waals surface area (Å²) < 4.78 is 36.1. The molecule has 26 heavy (non-hydrogen) atoms. The number of rotatable bonds is 6. The number of anilines is 1. The largest absolute Gasteiger partial charge is 0.494 e. The van der Waals surface area contributed by atoms with Gasteiger partial charge in [-0.3, -0.25) is 4.79 Å². The molecule has 2 rings (SSSR count). The number of esters is 1. The van der Waals surface area contributed by atoms with Gasteiger partial charge in [0.05, 0.1) is 12.1 Å². The zero-order chi connectivity index (χ0) is 19.1. The minimum atomic E-state index is -0.784. The Hall–Kier alpha value is -2.93. The molecule has 1 N–H and O–H groups in total. The molecule has 0 aromatic heterocycles. The molecule has 0 aliphatic rings. The molecule has 0 aliphatic carbocycles. The van der Waals surface area contributed by atoms with E-state index in [1.165, 1.54) is 37.5 Å². The predicted octanol–water partition coefficient (Wildman–Crippen LogP) is 3.82. The second kappa shape index (κ2) is 8.96. The third-order valence-corrected chi connectivity index (χ3v) is 3.43. The summed E-state index contributed by atoms with van der Waals surface area (Å²) in [5.41, 5.74) is 0.687. The number of benzene rings is 2. The molecule has 0 saturated heterocycles. The van der Waals surface area contributed by atoms with E-state index in [1.54, 1.807) is 6.07 Å². The summed E-state index contributed by atoms with van der Waals surface area (Å²) in [6, 6.07) is 7.81. The van der Waals surface area contributed by atoms with Crippen molar-refractivity contribution in [3.05, 3.63) is 64.7 Å². The lowest BCUT2D eigenvalue weighted by molar-refractivity contribution is -0.142. The molecule has 0 unspecified atom stereocenters. The number of ether oxygens (including phenoxy) is 2. The average Bonchev–Trinajstić information content (AvgIpc) is 2.61. The van der Waals surface area contributed by atoms with Crippen LogP contribution in [0.15, 0.2) is 42.5 Å². The van der Waals surface area contributed by atoms with E-state index in [4.69, 9.17) is 21.1 Å². The van der Waals surface area contributed by atoms with Crippen LogP contribution >= 0.6 is 11.6 Å². The molecule has 2 aromatic carbocycles. The second-order valence-corrected chi connectivity index (χ2v) is 5.42. The molecule has 0 bridgehead atoms. The molecule has 0 spiro atoms. The Labute approximate surface area is 153 Å². The van der Waals surface area contributed by atoms with E-state index in [2.05, 4.69) is 5.32 Å². The third kappa shape index (κ3) is 5.56. The van der Waals surface area contributed by atoms with Gasteiger partial charge in [0.15, 0.2) is 18.2 Å². The molecule has 136 valence electrons. The fraction of sp³-hybridized carbons (Fsp3) is 0.111. The number of methoxy groups -OCH3 is 1. The van der Waals surface area contributed by atoms with E-state index in [1.807, 2.05) is 0 Å². The molecular formula is C18H14ClF2NO4. The molecular weight excluding hydrogens is 368 g/mol. The van der Waals surface area contributed by atoms with Crippen LogP contribution in [0, 0.1) is 11.6 Å². The Morgan fingerprint density at radius 3 is 2.58 bits per heavy atom. The van der Waals surface area contributed by atoms with Gasteiger partial charge in [0.1, 0.15) is 5.82 Å². The minimum absolute atomic E-state index is 0.0855. The van der Waals surface area contributed by atoms with Crippen LogP contribution in [0.5, 0.6) is 5.75 Å². The highest BCUT2D eigenvalue weighted by Gasteiger charge is 2.08. The normalized spacial score (nSPS) is 10.6. The number of hydrogen-bond donors (Lipinski definition) is 1. The average molecular weight is 382 g/mol. The summed E-state index contributed by atoms with van der Waals surface area (Å²) in [4.78, 5) is 23.3. The van der Waals surface area contributed by atoms with Gasteiger partial charge in [0.2, 0.25) is 0 Å². The number of hydrogen-bond acceptors (Lipinski definition) is 4. The van der Waals surface area contributed by atoms with Gasteiger partial charge in [0, 0.05) is 11.8 Å². The lowest BCUT2D eigenvalue weighted by atomic mass is 10.2. The smallest absolute Gasteiger partial charge is 0.331 e. The fourth-order valence-electron chi connectivity index (χ4n) is 1.91. The van der Waals surface area contributed by atoms with Crippen molar-refractivity contribution in [3.63, 3.8) is 0 Å². The van der Waals surface area contributed by atoms with Gasteiger partial charge in [-0.1, -0.05) is 17.7 Å². The molecule has 1 amide bonds. The van der Waals surface area contributed by atoms with Crippen molar-refractivity contribution in [1.82, 2.24) is 0 Å². The molecule has 0 saturated carbocycles. The monoisotopic (exact) mass is 381 g/mol. The predicted molar refractivity (Wildman–Crippen MR) is 93.0 cm³/mol. The standard InChI is InChI=1S/C18H14ClF2NO4/c1-25-16-6-2-11(8-15(16)21)3-7-18(24)26-10-17(23)22-12-4-5-14(20)13(19)9-12/h2-9H,10H2,1H3,(H,22,23)/b7-3+. The van der Waals surface area contributed by atoms with Crippen molar-refractivity contribution >= 4 is 35.2 Å². The summed E-state index contributed by atoms with van der Waals surface area (Å²) in [6.07, 6.45) is 2.39. The zero-order valence-corrected chi connectivity index (χ0v) is 14.3. The van der Waals surface area contributed by atoms with Gasteiger partial charge in [-0.05, 0) is 42.0 Å². The Balaban J connectivity index is 1.84. The van der Waals surface area contributed by atoms with E-state index in [-0.39, 0.29) is 16.5 Å². The quantitative estimate of drug-likeness (QED) is 0.610. The van der Waals surface area contributed by atoms with Gasteiger partial charge in [-0.15, -0.1) is 0 Å². The van der Waals surface area contributed by atoms with Gasteiger partial charge in [0.25, 0.3) is 5.91 Å². The van der Waals surface area contributed by atoms with Crippen molar-refractivity contribution in [2.75, 3.05) is 19.0 Å². The van der Waals surface area contributed by atoms with Crippen molar-refractivity contribution in [3.8, 4) is 5.75 Å². The molecule has 0 radical (unpaired) electrons. The highest BCUT2D eigenvalue weighted by Crippen LogP contribution is 2.19. The molecule has 5 nitrogen and oxygen atoms in total. The minimum Gasteiger partial charge on any atom is -0.494 e. The first-order valence-electron chi connectivity index (χ1n) is 7.32. The maximum Gasteiger partial charge on any atom is 0.331 e. The van der Waals surface area contributed by atoms with Crippen LogP contribution in [0.2, 0.25) is 5.02 Å². The second-order valence-electron chi connectivity index (χ2n) is 5.01. The lowest BCUT2D eigenvalue weighted by Crippen LogP contribution is -2.20. The van der Waals surface area contributed by atoms with E-state index >= 15 is 0 Å². The number of carbonyl (C=O) groups excluding carboxylic acids is 2. The highest BCUT2D eigenvalue weighted by atomic mass is 35.5. The summed E-state index contributed by atoms with van der Waals surface area (Å²) in [7, 11) is 1.34. The van der Waals surface area contributed by atoms with Crippen LogP contribution in [0.3, 0.4) is 0 Å². The number of nitrogens with one attached hydrogen (secondary N) is 1. The summed E-state index contributed by atoms with van der Waals surface area (Å²) in [6.45, 7) is -0.546. The maximum absolute atomic E-state index is 13.5. The van der Waals surface area contributed by atoms with Gasteiger partial charge in [-0.2, -0.15) is 0 Å². The number of carbonyl (C=O) groups is 2. The SMILES string of the molecule is COc1ccc(/C=C/C(=O)OCC(=O)Nc2ccc(F)c(Cl)c2)cc1F. The van der Waals surface area contributed by atoms with Crippen molar-refractivity contribution < 1.29 is 27.8 Å². The van der Waals surface area contributed by atoms with E-state index in [0.717, 1.165) is 12.1 Å². The summed E-state index contributed by atoms with van der Waals surface area (Å²) in [5.74, 6) is -2.50. The summed E-state index contributed by atoms with van der Waals surface area (Å²) >= 11 is 5.60. The first-order valence-corrected chi connectivity index (χ1v) is 7.70. The molecule has 0 fully saturated rings. The van der Waals surface area contributed by atoms with Crippen LogP contribution in [0.4, 0.5) is 14.5 Å². The fourth-order valence-corrected chi connectivity index (χ4v) is 2.09. The van der Waals surface area contributed by atoms with Crippen molar-refractivity contribution in [2.24, 2.45) is 0 Å². The van der Waals surface area contributed by atoms with Crippen LogP contribution in [0.1, 0.15) is 5.56 Å². The van der Waals surface area contributed by atoms with Crippen LogP contribution in [-0.4, -0.2) is 25.6 Å². The molecule has 0 atom stereocenters. The van der Waals surface area contributed by atoms with Gasteiger partial charge in [-0.25, -0.2) is 13.6 Å². The van der Waals surface area contributed by atoms with Gasteiger partial charge < -0.3 is 14.8 Å². The van der Waals surface area contributed by atoms with Crippen molar-refractivity contribution in [1.29, 1.82) is 0 Å². The number of amides is 1.